The number of hydrogen-bond acceptors (Lipinski definition) is 9. The highest BCUT2D eigenvalue weighted by atomic mass is 35.5. The Morgan fingerprint density at radius 3 is 2.52 bits per heavy atom. The molecular weight excluding hydrogens is 624 g/mol. The number of thiophene rings is 1. The Kier molecular flexibility index (Phi) is 8.40. The number of ether oxygens (including phenoxy) is 2. The lowest BCUT2D eigenvalue weighted by molar-refractivity contribution is -0.132. The summed E-state index contributed by atoms with van der Waals surface area (Å²) in [7, 11) is 0.408. The van der Waals surface area contributed by atoms with Crippen molar-refractivity contribution >= 4 is 50.6 Å². The molecule has 2 atom stereocenters. The zero-order chi connectivity index (χ0) is 31.2. The number of carbonyl (C=O) groups is 2. The Morgan fingerprint density at radius 1 is 1.07 bits per heavy atom. The van der Waals surface area contributed by atoms with Crippen LogP contribution >= 0.6 is 22.9 Å². The standard InChI is InChI=1S/C31H35ClN4O6S2/c1-33(2)30(38)42-27-8-6-16-35(27)31(23-12-10-21(18-26(23)41-3)20-34-14-4-5-15-34)24-19-22(32)11-13-25(24)36(29(31)37)44(39,40)28-9-7-17-43-28/h7,9-13,17-19,27H,4-6,8,14-16,20H2,1-3H3/t27-,31?/m0/s1. The van der Waals surface area contributed by atoms with E-state index in [1.54, 1.807) is 48.6 Å². The number of nitrogens with zero attached hydrogens (tertiary/aromatic N) is 4. The normalized spacial score (nSPS) is 22.4. The third-order valence-corrected chi connectivity index (χ3v) is 11.8. The molecule has 4 heterocycles. The first-order valence-corrected chi connectivity index (χ1v) is 17.3. The number of benzene rings is 2. The first-order valence-electron chi connectivity index (χ1n) is 14.6. The van der Waals surface area contributed by atoms with Gasteiger partial charge in [-0.25, -0.2) is 9.69 Å². The molecule has 2 fully saturated rings. The van der Waals surface area contributed by atoms with Gasteiger partial charge in [0.15, 0.2) is 11.8 Å². The maximum Gasteiger partial charge on any atom is 0.410 e. The fraction of sp³-hybridized carbons (Fsp3) is 0.419. The minimum Gasteiger partial charge on any atom is -0.496 e. The number of likely N-dealkylation sites (tertiary alicyclic amines) is 2. The number of halogens is 1. The predicted molar refractivity (Wildman–Crippen MR) is 169 cm³/mol. The third-order valence-electron chi connectivity index (χ3n) is 8.54. The molecule has 3 aliphatic rings. The Labute approximate surface area is 266 Å². The van der Waals surface area contributed by atoms with Gasteiger partial charge >= 0.3 is 6.09 Å². The molecular formula is C31H35ClN4O6S2. The predicted octanol–water partition coefficient (Wildman–Crippen LogP) is 5.11. The average Bonchev–Trinajstić information content (AvgIpc) is 3.81. The summed E-state index contributed by atoms with van der Waals surface area (Å²) in [6.07, 6.45) is 1.99. The molecule has 10 nitrogen and oxygen atoms in total. The van der Waals surface area contributed by atoms with Crippen LogP contribution in [0.2, 0.25) is 5.02 Å². The summed E-state index contributed by atoms with van der Waals surface area (Å²) in [5.41, 5.74) is 0.319. The van der Waals surface area contributed by atoms with Crippen LogP contribution in [0.15, 0.2) is 58.1 Å². The van der Waals surface area contributed by atoms with Gasteiger partial charge in [-0.2, -0.15) is 12.7 Å². The molecule has 0 bridgehead atoms. The Bertz CT molecular complexity index is 1680. The Morgan fingerprint density at radius 2 is 1.84 bits per heavy atom. The van der Waals surface area contributed by atoms with E-state index < -0.39 is 33.8 Å². The molecule has 1 unspecified atom stereocenters. The molecule has 0 aliphatic carbocycles. The van der Waals surface area contributed by atoms with Crippen LogP contribution in [0, 0.1) is 0 Å². The van der Waals surface area contributed by atoms with Crippen LogP contribution in [-0.4, -0.2) is 82.2 Å². The second-order valence-electron chi connectivity index (χ2n) is 11.5. The van der Waals surface area contributed by atoms with E-state index >= 15 is 4.79 Å². The van der Waals surface area contributed by atoms with Crippen LogP contribution in [0.25, 0.3) is 0 Å². The molecule has 3 aromatic rings. The Balaban J connectivity index is 1.59. The van der Waals surface area contributed by atoms with E-state index in [1.807, 2.05) is 18.2 Å². The number of amides is 2. The lowest BCUT2D eigenvalue weighted by atomic mass is 9.81. The number of sulfonamides is 1. The molecule has 13 heteroatoms. The number of methoxy groups -OCH3 is 1. The van der Waals surface area contributed by atoms with Gasteiger partial charge < -0.3 is 14.4 Å². The van der Waals surface area contributed by atoms with E-state index in [9.17, 15) is 13.2 Å². The fourth-order valence-corrected chi connectivity index (χ4v) is 9.27. The number of rotatable bonds is 8. The second-order valence-corrected chi connectivity index (χ2v) is 14.9. The van der Waals surface area contributed by atoms with Crippen molar-refractivity contribution in [1.82, 2.24) is 14.7 Å². The van der Waals surface area contributed by atoms with Crippen LogP contribution in [0.3, 0.4) is 0 Å². The second kappa shape index (κ2) is 12.0. The molecule has 44 heavy (non-hydrogen) atoms. The van der Waals surface area contributed by atoms with Crippen molar-refractivity contribution in [1.29, 1.82) is 0 Å². The van der Waals surface area contributed by atoms with Gasteiger partial charge in [0.05, 0.1) is 12.8 Å². The van der Waals surface area contributed by atoms with Crippen molar-refractivity contribution in [2.75, 3.05) is 45.1 Å². The van der Waals surface area contributed by atoms with E-state index in [-0.39, 0.29) is 9.90 Å². The summed E-state index contributed by atoms with van der Waals surface area (Å²) in [6.45, 7) is 3.11. The first kappa shape index (κ1) is 30.8. The van der Waals surface area contributed by atoms with Gasteiger partial charge in [0.2, 0.25) is 0 Å². The summed E-state index contributed by atoms with van der Waals surface area (Å²) >= 11 is 7.62. The quantitative estimate of drug-likeness (QED) is 0.330. The van der Waals surface area contributed by atoms with Gasteiger partial charge in [0, 0.05) is 43.3 Å². The zero-order valence-electron chi connectivity index (χ0n) is 24.9. The van der Waals surface area contributed by atoms with Gasteiger partial charge in [-0.15, -0.1) is 11.3 Å². The smallest absolute Gasteiger partial charge is 0.410 e. The molecule has 0 spiro atoms. The van der Waals surface area contributed by atoms with Crippen molar-refractivity contribution in [3.63, 3.8) is 0 Å². The van der Waals surface area contributed by atoms with E-state index in [4.69, 9.17) is 21.1 Å². The van der Waals surface area contributed by atoms with Crippen LogP contribution in [-0.2, 0) is 31.6 Å². The van der Waals surface area contributed by atoms with Gasteiger partial charge in [-0.05, 0) is 80.0 Å². The lowest BCUT2D eigenvalue weighted by Gasteiger charge is -2.41. The third kappa shape index (κ3) is 5.06. The molecule has 234 valence electrons. The maximum atomic E-state index is 15.2. The molecule has 2 aromatic carbocycles. The molecule has 0 saturated carbocycles. The molecule has 2 saturated heterocycles. The first-order chi connectivity index (χ1) is 21.1. The van der Waals surface area contributed by atoms with E-state index in [0.717, 1.165) is 53.7 Å². The van der Waals surface area contributed by atoms with Crippen molar-refractivity contribution in [2.45, 2.75) is 48.2 Å². The van der Waals surface area contributed by atoms with E-state index in [2.05, 4.69) is 4.90 Å². The molecule has 6 rings (SSSR count). The minimum atomic E-state index is -4.31. The fourth-order valence-electron chi connectivity index (χ4n) is 6.57. The summed E-state index contributed by atoms with van der Waals surface area (Å²) in [5.74, 6) is -0.275. The highest BCUT2D eigenvalue weighted by Gasteiger charge is 2.63. The van der Waals surface area contributed by atoms with Crippen LogP contribution < -0.4 is 9.04 Å². The summed E-state index contributed by atoms with van der Waals surface area (Å²) in [4.78, 5) is 33.5. The molecule has 3 aliphatic heterocycles. The van der Waals surface area contributed by atoms with Crippen molar-refractivity contribution in [2.24, 2.45) is 0 Å². The summed E-state index contributed by atoms with van der Waals surface area (Å²) in [5, 5.41) is 1.99. The Hall–Kier alpha value is -3.16. The zero-order valence-corrected chi connectivity index (χ0v) is 27.3. The number of carbonyl (C=O) groups excluding carboxylic acids is 2. The highest BCUT2D eigenvalue weighted by molar-refractivity contribution is 7.95. The van der Waals surface area contributed by atoms with E-state index in [1.165, 1.54) is 18.1 Å². The maximum absolute atomic E-state index is 15.2. The average molecular weight is 659 g/mol. The molecule has 2 amide bonds. The van der Waals surface area contributed by atoms with E-state index in [0.29, 0.717) is 41.3 Å². The summed E-state index contributed by atoms with van der Waals surface area (Å²) < 4.78 is 41.2. The number of hydrogen-bond donors (Lipinski definition) is 0. The van der Waals surface area contributed by atoms with Crippen LogP contribution in [0.1, 0.15) is 42.4 Å². The summed E-state index contributed by atoms with van der Waals surface area (Å²) in [6, 6.07) is 13.6. The SMILES string of the molecule is COc1cc(CN2CCCC2)ccc1C1(N2CCC[C@@H]2OC(=O)N(C)C)C(=O)N(S(=O)(=O)c2cccs2)c2ccc(Cl)cc21. The molecule has 0 N–H and O–H groups in total. The van der Waals surface area contributed by atoms with Crippen molar-refractivity contribution in [3.05, 3.63) is 75.6 Å². The van der Waals surface area contributed by atoms with Crippen LogP contribution in [0.5, 0.6) is 5.75 Å². The van der Waals surface area contributed by atoms with Gasteiger partial charge in [0.1, 0.15) is 9.96 Å². The minimum absolute atomic E-state index is 0.0347. The monoisotopic (exact) mass is 658 g/mol. The van der Waals surface area contributed by atoms with Gasteiger partial charge in [0.25, 0.3) is 15.9 Å². The van der Waals surface area contributed by atoms with Crippen LogP contribution in [0.4, 0.5) is 10.5 Å². The van der Waals surface area contributed by atoms with Gasteiger partial charge in [-0.1, -0.05) is 29.8 Å². The van der Waals surface area contributed by atoms with Crippen molar-refractivity contribution < 1.29 is 27.5 Å². The highest BCUT2D eigenvalue weighted by Crippen LogP contribution is 2.55. The molecule has 0 radical (unpaired) electrons. The largest absolute Gasteiger partial charge is 0.496 e. The number of fused-ring (bicyclic) bond motifs is 1. The van der Waals surface area contributed by atoms with Gasteiger partial charge in [-0.3, -0.25) is 9.69 Å². The van der Waals surface area contributed by atoms with Crippen molar-refractivity contribution in [3.8, 4) is 5.75 Å². The number of anilines is 1. The lowest BCUT2D eigenvalue weighted by Crippen LogP contribution is -2.57. The topological polar surface area (TPSA) is 99.7 Å². The molecule has 1 aromatic heterocycles.